The Hall–Kier alpha value is -2.19. The fraction of sp³-hybridized carbons (Fsp3) is 0.294. The Morgan fingerprint density at radius 3 is 2.92 bits per heavy atom. The number of pyridine rings is 1. The standard InChI is InChI=1S/C17H18N4O2S2/c1-9-5-4-6-18-15(9)21-13(22)8-24-7-12-19-16(23)14-10(2)11(3)25-17(14)20-12/h4-6H,7-8H2,1-3H3,(H,18,21,22)(H,19,20,23). The molecule has 0 radical (unpaired) electrons. The van der Waals surface area contributed by atoms with Crippen molar-refractivity contribution in [2.75, 3.05) is 11.1 Å². The molecule has 0 aliphatic carbocycles. The average molecular weight is 374 g/mol. The topological polar surface area (TPSA) is 87.7 Å². The molecule has 0 fully saturated rings. The number of fused-ring (bicyclic) bond motifs is 1. The van der Waals surface area contributed by atoms with Crippen LogP contribution >= 0.6 is 23.1 Å². The lowest BCUT2D eigenvalue weighted by Crippen LogP contribution is -2.16. The zero-order valence-corrected chi connectivity index (χ0v) is 15.8. The summed E-state index contributed by atoms with van der Waals surface area (Å²) in [7, 11) is 0. The van der Waals surface area contributed by atoms with E-state index in [2.05, 4.69) is 20.3 Å². The van der Waals surface area contributed by atoms with Gasteiger partial charge in [0.05, 0.1) is 16.9 Å². The van der Waals surface area contributed by atoms with Gasteiger partial charge in [0.1, 0.15) is 16.5 Å². The summed E-state index contributed by atoms with van der Waals surface area (Å²) in [5.74, 6) is 1.77. The van der Waals surface area contributed by atoms with E-state index < -0.39 is 0 Å². The first-order chi connectivity index (χ1) is 12.0. The molecule has 0 atom stereocenters. The number of anilines is 1. The highest BCUT2D eigenvalue weighted by molar-refractivity contribution is 7.99. The highest BCUT2D eigenvalue weighted by Crippen LogP contribution is 2.26. The van der Waals surface area contributed by atoms with Gasteiger partial charge in [0.2, 0.25) is 5.91 Å². The molecule has 3 heterocycles. The molecule has 6 nitrogen and oxygen atoms in total. The molecular formula is C17H18N4O2S2. The molecule has 0 spiro atoms. The van der Waals surface area contributed by atoms with E-state index in [9.17, 15) is 9.59 Å². The third kappa shape index (κ3) is 3.91. The van der Waals surface area contributed by atoms with E-state index in [4.69, 9.17) is 0 Å². The Labute approximate surface area is 153 Å². The Morgan fingerprint density at radius 1 is 1.36 bits per heavy atom. The van der Waals surface area contributed by atoms with Crippen LogP contribution in [0.25, 0.3) is 10.2 Å². The van der Waals surface area contributed by atoms with Crippen LogP contribution in [0.3, 0.4) is 0 Å². The summed E-state index contributed by atoms with van der Waals surface area (Å²) < 4.78 is 0. The van der Waals surface area contributed by atoms with E-state index >= 15 is 0 Å². The highest BCUT2D eigenvalue weighted by Gasteiger charge is 2.12. The number of nitrogens with zero attached hydrogens (tertiary/aromatic N) is 2. The predicted octanol–water partition coefficient (Wildman–Crippen LogP) is 3.18. The number of hydrogen-bond donors (Lipinski definition) is 2. The number of carbonyl (C=O) groups excluding carboxylic acids is 1. The summed E-state index contributed by atoms with van der Waals surface area (Å²) >= 11 is 2.92. The number of nitrogens with one attached hydrogen (secondary N) is 2. The second-order valence-corrected chi connectivity index (χ2v) is 7.87. The summed E-state index contributed by atoms with van der Waals surface area (Å²) in [5.41, 5.74) is 1.79. The van der Waals surface area contributed by atoms with Gasteiger partial charge in [0.15, 0.2) is 0 Å². The van der Waals surface area contributed by atoms with Crippen molar-refractivity contribution in [3.63, 3.8) is 0 Å². The van der Waals surface area contributed by atoms with Gasteiger partial charge in [-0.1, -0.05) is 6.07 Å². The number of thiophene rings is 1. The van der Waals surface area contributed by atoms with E-state index in [-0.39, 0.29) is 17.2 Å². The molecule has 1 amide bonds. The largest absolute Gasteiger partial charge is 0.310 e. The number of aryl methyl sites for hydroxylation is 3. The number of aromatic amines is 1. The molecule has 8 heteroatoms. The maximum absolute atomic E-state index is 12.2. The van der Waals surface area contributed by atoms with Crippen molar-refractivity contribution >= 4 is 45.0 Å². The first kappa shape index (κ1) is 17.6. The fourth-order valence-electron chi connectivity index (χ4n) is 2.39. The fourth-order valence-corrected chi connectivity index (χ4v) is 4.13. The van der Waals surface area contributed by atoms with Crippen LogP contribution in [0, 0.1) is 20.8 Å². The second-order valence-electron chi connectivity index (χ2n) is 5.69. The zero-order valence-electron chi connectivity index (χ0n) is 14.2. The maximum atomic E-state index is 12.2. The number of rotatable bonds is 5. The van der Waals surface area contributed by atoms with Crippen molar-refractivity contribution in [3.05, 3.63) is 50.5 Å². The minimum Gasteiger partial charge on any atom is -0.310 e. The lowest BCUT2D eigenvalue weighted by molar-refractivity contribution is -0.113. The smallest absolute Gasteiger partial charge is 0.259 e. The van der Waals surface area contributed by atoms with Gasteiger partial charge in [-0.15, -0.1) is 23.1 Å². The Kier molecular flexibility index (Phi) is 5.19. The number of aromatic nitrogens is 3. The number of amides is 1. The van der Waals surface area contributed by atoms with Gasteiger partial charge in [-0.25, -0.2) is 9.97 Å². The van der Waals surface area contributed by atoms with Crippen LogP contribution < -0.4 is 10.9 Å². The summed E-state index contributed by atoms with van der Waals surface area (Å²) in [6.45, 7) is 5.81. The molecule has 3 aromatic rings. The van der Waals surface area contributed by atoms with E-state index in [1.54, 1.807) is 6.20 Å². The number of hydrogen-bond acceptors (Lipinski definition) is 6. The molecular weight excluding hydrogens is 356 g/mol. The summed E-state index contributed by atoms with van der Waals surface area (Å²) in [5, 5.41) is 3.45. The van der Waals surface area contributed by atoms with Gasteiger partial charge in [0, 0.05) is 11.1 Å². The molecule has 0 saturated carbocycles. The van der Waals surface area contributed by atoms with Crippen molar-refractivity contribution in [3.8, 4) is 0 Å². The van der Waals surface area contributed by atoms with Crippen LogP contribution in [0.15, 0.2) is 23.1 Å². The highest BCUT2D eigenvalue weighted by atomic mass is 32.2. The van der Waals surface area contributed by atoms with Crippen LogP contribution in [-0.2, 0) is 10.5 Å². The van der Waals surface area contributed by atoms with Gasteiger partial charge < -0.3 is 10.3 Å². The Morgan fingerprint density at radius 2 is 2.16 bits per heavy atom. The summed E-state index contributed by atoms with van der Waals surface area (Å²) in [6.07, 6.45) is 1.64. The molecule has 130 valence electrons. The predicted molar refractivity (Wildman–Crippen MR) is 103 cm³/mol. The Balaban J connectivity index is 1.62. The minimum absolute atomic E-state index is 0.115. The molecule has 0 aromatic carbocycles. The van der Waals surface area contributed by atoms with E-state index in [1.165, 1.54) is 23.1 Å². The average Bonchev–Trinajstić information content (AvgIpc) is 2.84. The molecule has 25 heavy (non-hydrogen) atoms. The first-order valence-corrected chi connectivity index (χ1v) is 9.71. The quantitative estimate of drug-likeness (QED) is 0.716. The van der Waals surface area contributed by atoms with Gasteiger partial charge >= 0.3 is 0 Å². The monoisotopic (exact) mass is 374 g/mol. The van der Waals surface area contributed by atoms with Gasteiger partial charge in [-0.2, -0.15) is 0 Å². The molecule has 0 unspecified atom stereocenters. The number of H-pyrrole nitrogens is 1. The molecule has 0 bridgehead atoms. The number of thioether (sulfide) groups is 1. The van der Waals surface area contributed by atoms with E-state index in [1.807, 2.05) is 32.9 Å². The maximum Gasteiger partial charge on any atom is 0.259 e. The van der Waals surface area contributed by atoms with Crippen molar-refractivity contribution in [1.82, 2.24) is 15.0 Å². The minimum atomic E-state index is -0.127. The van der Waals surface area contributed by atoms with Gasteiger partial charge in [0.25, 0.3) is 5.56 Å². The Bertz CT molecular complexity index is 994. The van der Waals surface area contributed by atoms with Crippen LogP contribution in [0.2, 0.25) is 0 Å². The van der Waals surface area contributed by atoms with E-state index in [0.717, 1.165) is 20.8 Å². The third-order valence-corrected chi connectivity index (χ3v) is 5.87. The summed E-state index contributed by atoms with van der Waals surface area (Å²) in [6, 6.07) is 3.72. The van der Waals surface area contributed by atoms with E-state index in [0.29, 0.717) is 22.8 Å². The second kappa shape index (κ2) is 7.37. The van der Waals surface area contributed by atoms with Crippen molar-refractivity contribution in [2.45, 2.75) is 26.5 Å². The van der Waals surface area contributed by atoms with Crippen LogP contribution in [0.4, 0.5) is 5.82 Å². The molecule has 2 N–H and O–H groups in total. The molecule has 0 aliphatic heterocycles. The van der Waals surface area contributed by atoms with Gasteiger partial charge in [-0.05, 0) is 38.0 Å². The third-order valence-electron chi connectivity index (χ3n) is 3.83. The van der Waals surface area contributed by atoms with Crippen LogP contribution in [0.1, 0.15) is 21.8 Å². The van der Waals surface area contributed by atoms with Crippen molar-refractivity contribution < 1.29 is 4.79 Å². The first-order valence-electron chi connectivity index (χ1n) is 7.74. The lowest BCUT2D eigenvalue weighted by Gasteiger charge is -2.06. The van der Waals surface area contributed by atoms with Gasteiger partial charge in [-0.3, -0.25) is 9.59 Å². The lowest BCUT2D eigenvalue weighted by atomic mass is 10.2. The molecule has 0 saturated heterocycles. The number of carbonyl (C=O) groups is 1. The van der Waals surface area contributed by atoms with Crippen molar-refractivity contribution in [2.24, 2.45) is 0 Å². The van der Waals surface area contributed by atoms with Crippen LogP contribution in [-0.4, -0.2) is 26.6 Å². The zero-order chi connectivity index (χ0) is 18.0. The molecule has 0 aliphatic rings. The summed E-state index contributed by atoms with van der Waals surface area (Å²) in [4.78, 5) is 37.6. The normalized spacial score (nSPS) is 11.0. The molecule has 3 aromatic heterocycles. The SMILES string of the molecule is Cc1cccnc1NC(=O)CSCc1nc2sc(C)c(C)c2c(=O)[nH]1. The van der Waals surface area contributed by atoms with Crippen molar-refractivity contribution in [1.29, 1.82) is 0 Å². The van der Waals surface area contributed by atoms with Crippen LogP contribution in [0.5, 0.6) is 0 Å². The molecule has 3 rings (SSSR count).